The topological polar surface area (TPSA) is 24.7 Å². The van der Waals surface area contributed by atoms with Crippen LogP contribution in [0.5, 0.6) is 0 Å². The van der Waals surface area contributed by atoms with Crippen molar-refractivity contribution in [2.45, 2.75) is 0 Å². The van der Waals surface area contributed by atoms with Crippen LogP contribution in [0.2, 0.25) is 0 Å². The summed E-state index contributed by atoms with van der Waals surface area (Å²) in [6.07, 6.45) is 0. The molecule has 0 spiro atoms. The number of halogens is 1. The Labute approximate surface area is 70.2 Å². The first-order chi connectivity index (χ1) is 5.34. The van der Waals surface area contributed by atoms with Gasteiger partial charge in [-0.3, -0.25) is 0 Å². The van der Waals surface area contributed by atoms with Gasteiger partial charge >= 0.3 is 0 Å². The minimum atomic E-state index is 0.362. The van der Waals surface area contributed by atoms with E-state index in [2.05, 4.69) is 16.9 Å². The molecule has 2 nitrogen and oxygen atoms in total. The zero-order valence-electron chi connectivity index (χ0n) is 5.87. The molecule has 1 aromatic carbocycles. The van der Waals surface area contributed by atoms with Crippen LogP contribution in [0.15, 0.2) is 40.5 Å². The lowest BCUT2D eigenvalue weighted by molar-refractivity contribution is 1.27. The van der Waals surface area contributed by atoms with Gasteiger partial charge in [-0.1, -0.05) is 41.9 Å². The molecule has 0 amide bonds. The summed E-state index contributed by atoms with van der Waals surface area (Å²) < 4.78 is 0. The number of rotatable bonds is 2. The molecule has 3 heteroatoms. The maximum Gasteiger partial charge on any atom is 0.158 e. The molecule has 0 saturated carbocycles. The van der Waals surface area contributed by atoms with E-state index in [1.807, 2.05) is 30.3 Å². The van der Waals surface area contributed by atoms with Crippen LogP contribution in [0.4, 0.5) is 0 Å². The highest BCUT2D eigenvalue weighted by Gasteiger charge is 1.95. The van der Waals surface area contributed by atoms with Crippen LogP contribution >= 0.6 is 11.6 Å². The molecule has 0 saturated heterocycles. The highest BCUT2D eigenvalue weighted by Crippen LogP contribution is 2.04. The molecule has 0 aliphatic heterocycles. The van der Waals surface area contributed by atoms with Gasteiger partial charge in [0.05, 0.1) is 0 Å². The van der Waals surface area contributed by atoms with E-state index in [9.17, 15) is 0 Å². The van der Waals surface area contributed by atoms with E-state index in [1.165, 1.54) is 0 Å². The molecule has 1 rings (SSSR count). The Morgan fingerprint density at radius 3 is 2.45 bits per heavy atom. The van der Waals surface area contributed by atoms with Crippen molar-refractivity contribution in [1.82, 2.24) is 0 Å². The average molecular weight is 167 g/mol. The predicted molar refractivity (Wildman–Crippen MR) is 48.4 cm³/mol. The van der Waals surface area contributed by atoms with Gasteiger partial charge in [0.2, 0.25) is 0 Å². The van der Waals surface area contributed by atoms with Gasteiger partial charge < -0.3 is 0 Å². The second kappa shape index (κ2) is 3.88. The van der Waals surface area contributed by atoms with Gasteiger partial charge in [0.15, 0.2) is 5.17 Å². The van der Waals surface area contributed by atoms with Crippen molar-refractivity contribution in [3.05, 3.63) is 35.9 Å². The molecule has 0 aliphatic rings. The molecular formula is C8H7ClN2. The smallest absolute Gasteiger partial charge is 0.158 e. The number of benzene rings is 1. The lowest BCUT2D eigenvalue weighted by atomic mass is 10.2. The monoisotopic (exact) mass is 166 g/mol. The van der Waals surface area contributed by atoms with Crippen LogP contribution in [0.3, 0.4) is 0 Å². The van der Waals surface area contributed by atoms with E-state index >= 15 is 0 Å². The maximum atomic E-state index is 5.72. The van der Waals surface area contributed by atoms with E-state index < -0.39 is 0 Å². The van der Waals surface area contributed by atoms with Crippen molar-refractivity contribution in [2.75, 3.05) is 0 Å². The molecule has 0 heterocycles. The molecule has 0 aromatic heterocycles. The van der Waals surface area contributed by atoms with Crippen molar-refractivity contribution in [3.63, 3.8) is 0 Å². The fourth-order valence-corrected chi connectivity index (χ4v) is 0.875. The van der Waals surface area contributed by atoms with Crippen LogP contribution in [0, 0.1) is 0 Å². The third kappa shape index (κ3) is 2.16. The second-order valence-corrected chi connectivity index (χ2v) is 2.26. The maximum absolute atomic E-state index is 5.72. The largest absolute Gasteiger partial charge is 0.166 e. The normalized spacial score (nSPS) is 11.2. The van der Waals surface area contributed by atoms with Gasteiger partial charge in [-0.2, -0.15) is 5.10 Å². The number of hydrogen-bond donors (Lipinski definition) is 0. The summed E-state index contributed by atoms with van der Waals surface area (Å²) in [5.74, 6) is 0. The van der Waals surface area contributed by atoms with Crippen molar-refractivity contribution < 1.29 is 0 Å². The molecule has 0 fully saturated rings. The predicted octanol–water partition coefficient (Wildman–Crippen LogP) is 2.29. The van der Waals surface area contributed by atoms with E-state index in [0.717, 1.165) is 5.56 Å². The van der Waals surface area contributed by atoms with Crippen molar-refractivity contribution in [2.24, 2.45) is 10.2 Å². The zero-order chi connectivity index (χ0) is 8.10. The first-order valence-corrected chi connectivity index (χ1v) is 3.47. The van der Waals surface area contributed by atoms with E-state index in [0.29, 0.717) is 5.17 Å². The van der Waals surface area contributed by atoms with Crippen LogP contribution in [-0.4, -0.2) is 11.9 Å². The molecule has 0 aliphatic carbocycles. The summed E-state index contributed by atoms with van der Waals surface area (Å²) in [6, 6.07) is 9.40. The van der Waals surface area contributed by atoms with Crippen LogP contribution < -0.4 is 0 Å². The molecule has 0 bridgehead atoms. The Bertz CT molecular complexity index is 267. The molecule has 0 unspecified atom stereocenters. The Balaban J connectivity index is 2.94. The molecule has 1 aromatic rings. The highest BCUT2D eigenvalue weighted by atomic mass is 35.5. The zero-order valence-corrected chi connectivity index (χ0v) is 6.62. The Morgan fingerprint density at radius 2 is 1.91 bits per heavy atom. The fourth-order valence-electron chi connectivity index (χ4n) is 0.695. The Hall–Kier alpha value is -1.15. The SMILES string of the molecule is C=NN=C(Cl)c1ccccc1. The highest BCUT2D eigenvalue weighted by molar-refractivity contribution is 6.69. The minimum Gasteiger partial charge on any atom is -0.166 e. The molecule has 56 valence electrons. The van der Waals surface area contributed by atoms with Gasteiger partial charge in [0.25, 0.3) is 0 Å². The van der Waals surface area contributed by atoms with Crippen LogP contribution in [0.1, 0.15) is 5.56 Å². The Morgan fingerprint density at radius 1 is 1.27 bits per heavy atom. The first kappa shape index (κ1) is 7.95. The third-order valence-corrected chi connectivity index (χ3v) is 1.46. The van der Waals surface area contributed by atoms with Gasteiger partial charge in [0.1, 0.15) is 0 Å². The summed E-state index contributed by atoms with van der Waals surface area (Å²) in [5.41, 5.74) is 0.849. The first-order valence-electron chi connectivity index (χ1n) is 3.09. The van der Waals surface area contributed by atoms with Crippen molar-refractivity contribution >= 4 is 23.5 Å². The molecule has 11 heavy (non-hydrogen) atoms. The molecular weight excluding hydrogens is 160 g/mol. The van der Waals surface area contributed by atoms with Gasteiger partial charge in [0, 0.05) is 12.3 Å². The lowest BCUT2D eigenvalue weighted by Crippen LogP contribution is -1.87. The Kier molecular flexibility index (Phi) is 2.81. The van der Waals surface area contributed by atoms with Gasteiger partial charge in [-0.25, -0.2) is 0 Å². The summed E-state index contributed by atoms with van der Waals surface area (Å²) in [7, 11) is 0. The number of nitrogens with zero attached hydrogens (tertiary/aromatic N) is 2. The summed E-state index contributed by atoms with van der Waals surface area (Å²) in [6.45, 7) is 3.20. The average Bonchev–Trinajstić information content (AvgIpc) is 2.07. The van der Waals surface area contributed by atoms with E-state index in [1.54, 1.807) is 0 Å². The van der Waals surface area contributed by atoms with E-state index in [-0.39, 0.29) is 0 Å². The second-order valence-electron chi connectivity index (χ2n) is 1.90. The van der Waals surface area contributed by atoms with Gasteiger partial charge in [-0.05, 0) is 0 Å². The quantitative estimate of drug-likeness (QED) is 0.476. The molecule has 0 radical (unpaired) electrons. The van der Waals surface area contributed by atoms with E-state index in [4.69, 9.17) is 11.6 Å². The summed E-state index contributed by atoms with van der Waals surface area (Å²) >= 11 is 5.72. The van der Waals surface area contributed by atoms with Crippen LogP contribution in [0.25, 0.3) is 0 Å². The number of hydrogen-bond acceptors (Lipinski definition) is 2. The fraction of sp³-hybridized carbons (Fsp3) is 0. The molecule has 0 N–H and O–H groups in total. The lowest BCUT2D eigenvalue weighted by Gasteiger charge is -1.92. The third-order valence-electron chi connectivity index (χ3n) is 1.17. The van der Waals surface area contributed by atoms with Crippen molar-refractivity contribution in [3.8, 4) is 0 Å². The molecule has 0 atom stereocenters. The summed E-state index contributed by atoms with van der Waals surface area (Å²) in [5, 5.41) is 7.27. The minimum absolute atomic E-state index is 0.362. The summed E-state index contributed by atoms with van der Waals surface area (Å²) in [4.78, 5) is 0. The van der Waals surface area contributed by atoms with Gasteiger partial charge in [-0.15, -0.1) is 5.10 Å². The van der Waals surface area contributed by atoms with Crippen LogP contribution in [-0.2, 0) is 0 Å². The standard InChI is InChI=1S/C8H7ClN2/c1-10-11-8(9)7-5-3-2-4-6-7/h2-6H,1H2. The van der Waals surface area contributed by atoms with Crippen molar-refractivity contribution in [1.29, 1.82) is 0 Å².